The van der Waals surface area contributed by atoms with Crippen LogP contribution < -0.4 is 4.74 Å². The van der Waals surface area contributed by atoms with Gasteiger partial charge < -0.3 is 19.6 Å². The highest BCUT2D eigenvalue weighted by Crippen LogP contribution is 2.41. The lowest BCUT2D eigenvalue weighted by Gasteiger charge is -2.35. The Hall–Kier alpha value is -2.85. The van der Waals surface area contributed by atoms with E-state index in [1.54, 1.807) is 16.8 Å². The number of hydrogen-bond donors (Lipinski definition) is 1. The van der Waals surface area contributed by atoms with Crippen LogP contribution in [-0.4, -0.2) is 108 Å². The Morgan fingerprint density at radius 2 is 2.03 bits per heavy atom. The van der Waals surface area contributed by atoms with Gasteiger partial charge in [0.25, 0.3) is 5.91 Å². The maximum absolute atomic E-state index is 13.3. The smallest absolute Gasteiger partial charge is 0.319 e. The summed E-state index contributed by atoms with van der Waals surface area (Å²) >= 11 is 0. The molecule has 0 aromatic heterocycles. The Morgan fingerprint density at radius 1 is 1.21 bits per heavy atom. The van der Waals surface area contributed by atoms with Crippen molar-refractivity contribution < 1.29 is 29.1 Å². The first-order chi connectivity index (χ1) is 18.3. The molecule has 2 saturated heterocycles. The topological polar surface area (TPSA) is 103 Å². The Labute approximate surface area is 225 Å². The molecule has 4 rings (SSSR count). The average Bonchev–Trinajstić information content (AvgIpc) is 3.51. The van der Waals surface area contributed by atoms with Gasteiger partial charge in [-0.3, -0.25) is 19.3 Å². The summed E-state index contributed by atoms with van der Waals surface area (Å²) in [5, 5.41) is 11.9. The number of rotatable bonds is 12. The van der Waals surface area contributed by atoms with Gasteiger partial charge in [0.2, 0.25) is 0 Å². The first-order valence-corrected chi connectivity index (χ1v) is 14.0. The summed E-state index contributed by atoms with van der Waals surface area (Å²) in [7, 11) is 1.79. The van der Waals surface area contributed by atoms with Crippen LogP contribution in [0.15, 0.2) is 18.2 Å². The maximum Gasteiger partial charge on any atom is 0.319 e. The fourth-order valence-corrected chi connectivity index (χ4v) is 5.97. The molecule has 0 saturated carbocycles. The number of ether oxygens (including phenoxy) is 1. The Balaban J connectivity index is 1.58. The van der Waals surface area contributed by atoms with Crippen molar-refractivity contribution in [3.05, 3.63) is 29.3 Å². The second kappa shape index (κ2) is 12.8. The average molecular weight is 531 g/mol. The van der Waals surface area contributed by atoms with Gasteiger partial charge in [0, 0.05) is 58.2 Å². The molecule has 1 N–H and O–H groups in total. The number of benzene rings is 1. The summed E-state index contributed by atoms with van der Waals surface area (Å²) < 4.78 is 5.66. The van der Waals surface area contributed by atoms with Crippen LogP contribution in [0.5, 0.6) is 5.75 Å². The highest BCUT2D eigenvalue weighted by Gasteiger charge is 2.47. The summed E-state index contributed by atoms with van der Waals surface area (Å²) in [6.45, 7) is 7.95. The molecule has 38 heavy (non-hydrogen) atoms. The molecule has 3 aliphatic rings. The van der Waals surface area contributed by atoms with Crippen molar-refractivity contribution in [2.45, 2.75) is 57.9 Å². The highest BCUT2D eigenvalue weighted by molar-refractivity contribution is 5.78. The van der Waals surface area contributed by atoms with Gasteiger partial charge in [0.05, 0.1) is 25.7 Å². The minimum absolute atomic E-state index is 0.0268. The minimum atomic E-state index is -0.874. The van der Waals surface area contributed by atoms with Crippen LogP contribution in [0.2, 0.25) is 0 Å². The summed E-state index contributed by atoms with van der Waals surface area (Å²) in [5.41, 5.74) is 2.06. The number of hydrogen-bond acceptors (Lipinski definition) is 6. The number of fused-ring (bicyclic) bond motifs is 1. The van der Waals surface area contributed by atoms with Crippen molar-refractivity contribution in [1.29, 1.82) is 0 Å². The van der Waals surface area contributed by atoms with E-state index >= 15 is 0 Å². The molecule has 0 spiro atoms. The van der Waals surface area contributed by atoms with Crippen LogP contribution in [0.3, 0.4) is 0 Å². The van der Waals surface area contributed by atoms with Crippen molar-refractivity contribution in [2.24, 2.45) is 5.92 Å². The Kier molecular flexibility index (Phi) is 9.49. The third kappa shape index (κ3) is 6.23. The van der Waals surface area contributed by atoms with E-state index in [1.807, 2.05) is 30.9 Å². The molecule has 0 aliphatic carbocycles. The van der Waals surface area contributed by atoms with E-state index in [-0.39, 0.29) is 30.4 Å². The van der Waals surface area contributed by atoms with Gasteiger partial charge in [-0.25, -0.2) is 9.86 Å². The van der Waals surface area contributed by atoms with Crippen LogP contribution in [0.4, 0.5) is 4.79 Å². The first-order valence-electron chi connectivity index (χ1n) is 14.0. The number of urea groups is 1. The summed E-state index contributed by atoms with van der Waals surface area (Å²) in [6, 6.07) is 5.55. The summed E-state index contributed by atoms with van der Waals surface area (Å²) in [6.07, 6.45) is 3.74. The molecule has 1 aromatic rings. The zero-order valence-electron chi connectivity index (χ0n) is 22.9. The molecular formula is C28H42N4O6. The minimum Gasteiger partial charge on any atom is -0.493 e. The number of carboxylic acid groups (broad SMARTS) is 1. The Bertz CT molecular complexity index is 1000. The molecule has 3 unspecified atom stereocenters. The molecule has 10 heteroatoms. The van der Waals surface area contributed by atoms with Crippen molar-refractivity contribution in [3.63, 3.8) is 0 Å². The van der Waals surface area contributed by atoms with Gasteiger partial charge in [0.1, 0.15) is 5.75 Å². The fraction of sp³-hybridized carbons (Fsp3) is 0.679. The number of nitrogens with zero attached hydrogens (tertiary/aromatic N) is 4. The molecule has 210 valence electrons. The lowest BCUT2D eigenvalue weighted by Crippen LogP contribution is -2.50. The quantitative estimate of drug-likeness (QED) is 0.415. The van der Waals surface area contributed by atoms with Gasteiger partial charge >= 0.3 is 12.0 Å². The lowest BCUT2D eigenvalue weighted by molar-refractivity contribution is -0.188. The first kappa shape index (κ1) is 28.2. The number of aliphatic carboxylic acids is 1. The number of carbonyl (C=O) groups is 3. The number of amides is 3. The molecule has 3 amide bonds. The molecule has 3 heterocycles. The lowest BCUT2D eigenvalue weighted by atomic mass is 9.83. The zero-order chi connectivity index (χ0) is 27.2. The number of carbonyl (C=O) groups excluding carboxylic acids is 2. The van der Waals surface area contributed by atoms with Crippen LogP contribution in [0.25, 0.3) is 0 Å². The predicted octanol–water partition coefficient (Wildman–Crippen LogP) is 2.82. The largest absolute Gasteiger partial charge is 0.493 e. The second-order valence-electron chi connectivity index (χ2n) is 10.6. The van der Waals surface area contributed by atoms with Crippen molar-refractivity contribution in [2.75, 3.05) is 59.5 Å². The third-order valence-electron chi connectivity index (χ3n) is 7.88. The van der Waals surface area contributed by atoms with Crippen molar-refractivity contribution in [3.8, 4) is 5.75 Å². The summed E-state index contributed by atoms with van der Waals surface area (Å²) in [5.74, 6) is -1.14. The normalized spacial score (nSPS) is 23.4. The van der Waals surface area contributed by atoms with E-state index in [9.17, 15) is 19.5 Å². The highest BCUT2D eigenvalue weighted by atomic mass is 16.7. The number of likely N-dealkylation sites (tertiary alicyclic amines) is 1. The van der Waals surface area contributed by atoms with Crippen LogP contribution in [-0.2, 0) is 20.8 Å². The van der Waals surface area contributed by atoms with E-state index in [4.69, 9.17) is 9.57 Å². The van der Waals surface area contributed by atoms with E-state index in [0.29, 0.717) is 45.8 Å². The molecule has 2 fully saturated rings. The van der Waals surface area contributed by atoms with E-state index < -0.39 is 11.9 Å². The second-order valence-corrected chi connectivity index (χ2v) is 10.6. The van der Waals surface area contributed by atoms with Crippen molar-refractivity contribution in [1.82, 2.24) is 19.8 Å². The van der Waals surface area contributed by atoms with Gasteiger partial charge in [-0.1, -0.05) is 26.0 Å². The van der Waals surface area contributed by atoms with Gasteiger partial charge in [-0.2, -0.15) is 0 Å². The van der Waals surface area contributed by atoms with E-state index in [0.717, 1.165) is 49.1 Å². The SMILES string of the molecule is CCCON(CCC)C(=O)CN1CC(c2ccc3c(c2)CCO3)C(C(=O)O)C1CCN1CCCN(C)C1=O. The third-order valence-corrected chi connectivity index (χ3v) is 7.88. The fourth-order valence-electron chi connectivity index (χ4n) is 5.97. The van der Waals surface area contributed by atoms with Gasteiger partial charge in [0.15, 0.2) is 0 Å². The molecule has 0 radical (unpaired) electrons. The van der Waals surface area contributed by atoms with Crippen LogP contribution in [0.1, 0.15) is 56.6 Å². The molecule has 1 aromatic carbocycles. The molecule has 0 bridgehead atoms. The van der Waals surface area contributed by atoms with Gasteiger partial charge in [-0.15, -0.1) is 0 Å². The zero-order valence-corrected chi connectivity index (χ0v) is 22.9. The summed E-state index contributed by atoms with van der Waals surface area (Å²) in [4.78, 5) is 50.0. The maximum atomic E-state index is 13.3. The van der Waals surface area contributed by atoms with Crippen LogP contribution in [0, 0.1) is 5.92 Å². The van der Waals surface area contributed by atoms with Crippen molar-refractivity contribution >= 4 is 17.9 Å². The van der Waals surface area contributed by atoms with Gasteiger partial charge in [-0.05, 0) is 42.9 Å². The molecule has 3 aliphatic heterocycles. The van der Waals surface area contributed by atoms with Crippen LogP contribution >= 0.6 is 0 Å². The monoisotopic (exact) mass is 530 g/mol. The molecule has 3 atom stereocenters. The molecular weight excluding hydrogens is 488 g/mol. The standard InChI is InChI=1S/C28H42N4O6/c1-4-11-32(38-15-5-2)25(33)19-31-18-22(20-7-8-24-21(17-20)10-16-37-24)26(27(34)35)23(31)9-14-30-13-6-12-29(3)28(30)36/h7-8,17,22-23,26H,4-6,9-16,18-19H2,1-3H3,(H,34,35). The predicted molar refractivity (Wildman–Crippen MR) is 142 cm³/mol. The number of hydroxylamine groups is 2. The van der Waals surface area contributed by atoms with E-state index in [1.165, 1.54) is 5.06 Å². The number of carboxylic acids is 1. The molecule has 10 nitrogen and oxygen atoms in total. The van der Waals surface area contributed by atoms with E-state index in [2.05, 4.69) is 6.07 Å². The Morgan fingerprint density at radius 3 is 2.76 bits per heavy atom.